The summed E-state index contributed by atoms with van der Waals surface area (Å²) < 4.78 is 2.34. The van der Waals surface area contributed by atoms with Crippen LogP contribution >= 0.6 is 12.2 Å². The highest BCUT2D eigenvalue weighted by Gasteiger charge is 2.16. The zero-order valence-electron chi connectivity index (χ0n) is 16.2. The topological polar surface area (TPSA) is 83.0 Å². The predicted octanol–water partition coefficient (Wildman–Crippen LogP) is 2.83. The highest BCUT2D eigenvalue weighted by molar-refractivity contribution is 7.71. The van der Waals surface area contributed by atoms with Crippen LogP contribution in [0.25, 0.3) is 11.4 Å². The summed E-state index contributed by atoms with van der Waals surface area (Å²) in [5, 5.41) is 10.0. The van der Waals surface area contributed by atoms with Crippen molar-refractivity contribution < 1.29 is 9.59 Å². The monoisotopic (exact) mass is 401 g/mol. The number of H-pyrrole nitrogens is 1. The Kier molecular flexibility index (Phi) is 6.97. The van der Waals surface area contributed by atoms with Crippen LogP contribution in [0.1, 0.15) is 37.7 Å². The summed E-state index contributed by atoms with van der Waals surface area (Å²) in [7, 11) is 0. The van der Waals surface area contributed by atoms with E-state index in [1.807, 2.05) is 40.7 Å². The fraction of sp³-hybridized carbons (Fsp3) is 0.500. The van der Waals surface area contributed by atoms with Gasteiger partial charge in [-0.15, -0.1) is 0 Å². The van der Waals surface area contributed by atoms with Gasteiger partial charge in [-0.3, -0.25) is 19.3 Å². The molecular formula is C20H27N5O2S. The minimum absolute atomic E-state index is 0.0553. The number of nitrogens with one attached hydrogen (secondary N) is 2. The molecule has 2 amide bonds. The lowest BCUT2D eigenvalue weighted by Gasteiger charge is -2.20. The third-order valence-corrected chi connectivity index (χ3v) is 5.32. The molecule has 1 aliphatic heterocycles. The lowest BCUT2D eigenvalue weighted by atomic mass is 10.1. The number of hydrogen-bond acceptors (Lipinski definition) is 4. The third kappa shape index (κ3) is 5.28. The normalized spacial score (nSPS) is 14.8. The Balaban J connectivity index is 1.51. The molecule has 1 aliphatic rings. The van der Waals surface area contributed by atoms with E-state index in [2.05, 4.69) is 15.5 Å². The predicted molar refractivity (Wildman–Crippen MR) is 110 cm³/mol. The number of amides is 2. The van der Waals surface area contributed by atoms with Gasteiger partial charge in [0.05, 0.1) is 0 Å². The van der Waals surface area contributed by atoms with Gasteiger partial charge in [0.2, 0.25) is 11.8 Å². The summed E-state index contributed by atoms with van der Waals surface area (Å²) in [5.74, 6) is 0.868. The molecule has 1 aromatic heterocycles. The largest absolute Gasteiger partial charge is 0.354 e. The summed E-state index contributed by atoms with van der Waals surface area (Å²) >= 11 is 5.32. The number of nitrogens with zero attached hydrogens (tertiary/aromatic N) is 3. The molecule has 0 unspecified atom stereocenters. The van der Waals surface area contributed by atoms with Gasteiger partial charge in [-0.25, -0.2) is 0 Å². The second-order valence-corrected chi connectivity index (χ2v) is 7.55. The molecule has 28 heavy (non-hydrogen) atoms. The van der Waals surface area contributed by atoms with Gasteiger partial charge in [0.15, 0.2) is 10.6 Å². The van der Waals surface area contributed by atoms with Crippen LogP contribution in [0.15, 0.2) is 24.3 Å². The van der Waals surface area contributed by atoms with Gasteiger partial charge in [-0.1, -0.05) is 36.2 Å². The molecule has 0 radical (unpaired) electrons. The second kappa shape index (κ2) is 9.64. The van der Waals surface area contributed by atoms with Crippen LogP contribution in [0.2, 0.25) is 0 Å². The van der Waals surface area contributed by atoms with E-state index in [0.717, 1.165) is 37.2 Å². The lowest BCUT2D eigenvalue weighted by Crippen LogP contribution is -2.38. The van der Waals surface area contributed by atoms with E-state index in [-0.39, 0.29) is 11.8 Å². The summed E-state index contributed by atoms with van der Waals surface area (Å²) in [6.45, 7) is 4.33. The van der Waals surface area contributed by atoms with Crippen LogP contribution in [0.3, 0.4) is 0 Å². The Morgan fingerprint density at radius 2 is 2.00 bits per heavy atom. The van der Waals surface area contributed by atoms with E-state index in [1.165, 1.54) is 5.56 Å². The van der Waals surface area contributed by atoms with Crippen LogP contribution in [-0.2, 0) is 16.1 Å². The molecule has 8 heteroatoms. The first-order chi connectivity index (χ1) is 13.5. The molecular weight excluding hydrogens is 374 g/mol. The molecule has 1 aromatic carbocycles. The molecule has 0 bridgehead atoms. The Hall–Kier alpha value is -2.48. The zero-order valence-corrected chi connectivity index (χ0v) is 17.1. The van der Waals surface area contributed by atoms with Crippen LogP contribution in [0.5, 0.6) is 0 Å². The lowest BCUT2D eigenvalue weighted by molar-refractivity contribution is -0.131. The van der Waals surface area contributed by atoms with Crippen LogP contribution < -0.4 is 5.32 Å². The minimum Gasteiger partial charge on any atom is -0.354 e. The SMILES string of the molecule is Cc1ccc(-c2n[nH]c(=S)n2CCC(=O)NCCN2CCCCCC2=O)cc1. The number of carbonyl (C=O) groups is 2. The van der Waals surface area contributed by atoms with E-state index in [4.69, 9.17) is 12.2 Å². The van der Waals surface area contributed by atoms with Crippen LogP contribution in [0, 0.1) is 11.7 Å². The molecule has 1 saturated heterocycles. The van der Waals surface area contributed by atoms with Gasteiger partial charge in [0.25, 0.3) is 0 Å². The quantitative estimate of drug-likeness (QED) is 0.699. The van der Waals surface area contributed by atoms with Crippen molar-refractivity contribution in [3.8, 4) is 11.4 Å². The Morgan fingerprint density at radius 1 is 1.21 bits per heavy atom. The van der Waals surface area contributed by atoms with Crippen molar-refractivity contribution in [2.75, 3.05) is 19.6 Å². The van der Waals surface area contributed by atoms with Crippen molar-refractivity contribution >= 4 is 24.0 Å². The van der Waals surface area contributed by atoms with Gasteiger partial charge in [-0.05, 0) is 32.0 Å². The molecule has 0 aliphatic carbocycles. The number of rotatable bonds is 7. The fourth-order valence-corrected chi connectivity index (χ4v) is 3.58. The molecule has 0 spiro atoms. The summed E-state index contributed by atoms with van der Waals surface area (Å²) in [6, 6.07) is 8.03. The maximum atomic E-state index is 12.2. The second-order valence-electron chi connectivity index (χ2n) is 7.16. The molecule has 2 aromatic rings. The number of hydrogen-bond donors (Lipinski definition) is 2. The first kappa shape index (κ1) is 20.3. The van der Waals surface area contributed by atoms with Crippen LogP contribution in [-0.4, -0.2) is 51.1 Å². The van der Waals surface area contributed by atoms with Gasteiger partial charge < -0.3 is 10.2 Å². The smallest absolute Gasteiger partial charge is 0.222 e. The van der Waals surface area contributed by atoms with Gasteiger partial charge in [0, 0.05) is 44.6 Å². The number of benzene rings is 1. The number of aryl methyl sites for hydroxylation is 1. The standard InChI is InChI=1S/C20H27N5O2S/c1-15-6-8-16(9-7-15)19-22-23-20(28)25(19)13-10-17(26)21-11-14-24-12-4-2-3-5-18(24)27/h6-9H,2-5,10-14H2,1H3,(H,21,26)(H,23,28). The van der Waals surface area contributed by atoms with Crippen molar-refractivity contribution in [1.82, 2.24) is 25.0 Å². The van der Waals surface area contributed by atoms with Crippen molar-refractivity contribution in [2.45, 2.75) is 45.6 Å². The highest BCUT2D eigenvalue weighted by atomic mass is 32.1. The van der Waals surface area contributed by atoms with Crippen molar-refractivity contribution in [2.24, 2.45) is 0 Å². The molecule has 150 valence electrons. The Bertz CT molecular complexity index is 871. The van der Waals surface area contributed by atoms with E-state index in [1.54, 1.807) is 0 Å². The minimum atomic E-state index is -0.0553. The molecule has 2 heterocycles. The van der Waals surface area contributed by atoms with Gasteiger partial charge >= 0.3 is 0 Å². The number of aromatic amines is 1. The van der Waals surface area contributed by atoms with E-state index >= 15 is 0 Å². The average Bonchev–Trinajstić information content (AvgIpc) is 2.92. The number of aromatic nitrogens is 3. The summed E-state index contributed by atoms with van der Waals surface area (Å²) in [6.07, 6.45) is 4.04. The van der Waals surface area contributed by atoms with Crippen molar-refractivity contribution in [3.05, 3.63) is 34.6 Å². The first-order valence-electron chi connectivity index (χ1n) is 9.81. The Labute approximate surface area is 170 Å². The van der Waals surface area contributed by atoms with E-state index < -0.39 is 0 Å². The maximum Gasteiger partial charge on any atom is 0.222 e. The number of likely N-dealkylation sites (tertiary alicyclic amines) is 1. The average molecular weight is 402 g/mol. The summed E-state index contributed by atoms with van der Waals surface area (Å²) in [5.41, 5.74) is 2.13. The zero-order chi connectivity index (χ0) is 19.9. The molecule has 0 saturated carbocycles. The van der Waals surface area contributed by atoms with E-state index in [9.17, 15) is 9.59 Å². The van der Waals surface area contributed by atoms with Crippen molar-refractivity contribution in [3.63, 3.8) is 0 Å². The third-order valence-electron chi connectivity index (χ3n) is 5.01. The highest BCUT2D eigenvalue weighted by Crippen LogP contribution is 2.18. The van der Waals surface area contributed by atoms with Crippen molar-refractivity contribution in [1.29, 1.82) is 0 Å². The maximum absolute atomic E-state index is 12.2. The molecule has 1 fully saturated rings. The molecule has 0 atom stereocenters. The van der Waals surface area contributed by atoms with Gasteiger partial charge in [-0.2, -0.15) is 5.10 Å². The molecule has 3 rings (SSSR count). The first-order valence-corrected chi connectivity index (χ1v) is 10.2. The van der Waals surface area contributed by atoms with E-state index in [0.29, 0.717) is 37.2 Å². The molecule has 2 N–H and O–H groups in total. The molecule has 7 nitrogen and oxygen atoms in total. The summed E-state index contributed by atoms with van der Waals surface area (Å²) in [4.78, 5) is 26.1. The Morgan fingerprint density at radius 3 is 2.79 bits per heavy atom. The van der Waals surface area contributed by atoms with Crippen LogP contribution in [0.4, 0.5) is 0 Å². The fourth-order valence-electron chi connectivity index (χ4n) is 3.36. The number of carbonyl (C=O) groups excluding carboxylic acids is 2. The van der Waals surface area contributed by atoms with Gasteiger partial charge in [0.1, 0.15) is 0 Å².